The van der Waals surface area contributed by atoms with E-state index >= 15 is 0 Å². The molecule has 4 heteroatoms. The van der Waals surface area contributed by atoms with Gasteiger partial charge in [-0.2, -0.15) is 0 Å². The summed E-state index contributed by atoms with van der Waals surface area (Å²) in [4.78, 5) is 11.1. The van der Waals surface area contributed by atoms with Crippen LogP contribution in [0.4, 0.5) is 10.1 Å². The second-order valence-electron chi connectivity index (χ2n) is 4.82. The van der Waals surface area contributed by atoms with Crippen LogP contribution >= 0.6 is 0 Å². The number of carbonyl (C=O) groups is 1. The number of benzene rings is 2. The van der Waals surface area contributed by atoms with Crippen molar-refractivity contribution in [3.05, 3.63) is 65.0 Å². The van der Waals surface area contributed by atoms with Crippen LogP contribution in [0.15, 0.2) is 42.5 Å². The Hall–Kier alpha value is -2.36. The maximum absolute atomic E-state index is 13.6. The molecule has 3 nitrogen and oxygen atoms in total. The van der Waals surface area contributed by atoms with Crippen molar-refractivity contribution >= 4 is 11.6 Å². The fraction of sp³-hybridized carbons (Fsp3) is 0.188. The fourth-order valence-electron chi connectivity index (χ4n) is 1.97. The molecule has 0 heterocycles. The third-order valence-corrected chi connectivity index (χ3v) is 3.23. The number of nitrogens with two attached hydrogens (primary N) is 1. The van der Waals surface area contributed by atoms with Crippen molar-refractivity contribution in [2.75, 3.05) is 5.32 Å². The summed E-state index contributed by atoms with van der Waals surface area (Å²) in [6.07, 6.45) is 0. The zero-order valence-electron chi connectivity index (χ0n) is 11.5. The highest BCUT2D eigenvalue weighted by Gasteiger charge is 2.09. The van der Waals surface area contributed by atoms with E-state index in [-0.39, 0.29) is 11.9 Å². The van der Waals surface area contributed by atoms with Crippen LogP contribution in [0, 0.1) is 12.7 Å². The Kier molecular flexibility index (Phi) is 4.03. The van der Waals surface area contributed by atoms with Gasteiger partial charge in [-0.3, -0.25) is 4.79 Å². The van der Waals surface area contributed by atoms with E-state index in [0.717, 1.165) is 11.3 Å². The van der Waals surface area contributed by atoms with Gasteiger partial charge in [-0.1, -0.05) is 18.2 Å². The number of primary amides is 1. The van der Waals surface area contributed by atoms with Gasteiger partial charge >= 0.3 is 0 Å². The lowest BCUT2D eigenvalue weighted by Gasteiger charge is -2.16. The van der Waals surface area contributed by atoms with Gasteiger partial charge in [0.05, 0.1) is 0 Å². The number of amides is 1. The zero-order chi connectivity index (χ0) is 14.7. The van der Waals surface area contributed by atoms with Crippen LogP contribution in [0.5, 0.6) is 0 Å². The lowest BCUT2D eigenvalue weighted by molar-refractivity contribution is 0.100. The van der Waals surface area contributed by atoms with Gasteiger partial charge < -0.3 is 11.1 Å². The summed E-state index contributed by atoms with van der Waals surface area (Å²) in [5.74, 6) is -0.690. The number of hydrogen-bond donors (Lipinski definition) is 2. The molecule has 2 aromatic rings. The van der Waals surface area contributed by atoms with Crippen LogP contribution in [0.1, 0.15) is 34.5 Å². The molecule has 1 amide bonds. The molecule has 0 aromatic heterocycles. The maximum Gasteiger partial charge on any atom is 0.248 e. The lowest BCUT2D eigenvalue weighted by Crippen LogP contribution is -2.12. The van der Waals surface area contributed by atoms with Crippen LogP contribution in [0.25, 0.3) is 0 Å². The van der Waals surface area contributed by atoms with Crippen LogP contribution in [0.2, 0.25) is 0 Å². The highest BCUT2D eigenvalue weighted by Crippen LogP contribution is 2.21. The van der Waals surface area contributed by atoms with Crippen molar-refractivity contribution in [1.29, 1.82) is 0 Å². The molecule has 2 aromatic carbocycles. The van der Waals surface area contributed by atoms with Crippen molar-refractivity contribution in [3.8, 4) is 0 Å². The molecular weight excluding hydrogens is 255 g/mol. The predicted octanol–water partition coefficient (Wildman–Crippen LogP) is 3.41. The van der Waals surface area contributed by atoms with E-state index in [4.69, 9.17) is 5.73 Å². The largest absolute Gasteiger partial charge is 0.378 e. The van der Waals surface area contributed by atoms with Gasteiger partial charge in [0.2, 0.25) is 5.91 Å². The second-order valence-corrected chi connectivity index (χ2v) is 4.82. The molecule has 0 aliphatic heterocycles. The van der Waals surface area contributed by atoms with E-state index in [1.54, 1.807) is 31.2 Å². The van der Waals surface area contributed by atoms with Crippen molar-refractivity contribution in [2.24, 2.45) is 5.73 Å². The number of rotatable bonds is 4. The number of aryl methyl sites for hydroxylation is 1. The molecule has 1 unspecified atom stereocenters. The summed E-state index contributed by atoms with van der Waals surface area (Å²) < 4.78 is 13.6. The Morgan fingerprint density at radius 2 is 2.00 bits per heavy atom. The molecule has 0 fully saturated rings. The van der Waals surface area contributed by atoms with E-state index in [0.29, 0.717) is 11.1 Å². The molecule has 0 aliphatic rings. The van der Waals surface area contributed by atoms with Crippen molar-refractivity contribution < 1.29 is 9.18 Å². The van der Waals surface area contributed by atoms with Gasteiger partial charge in [0.25, 0.3) is 0 Å². The first-order valence-electron chi connectivity index (χ1n) is 6.40. The van der Waals surface area contributed by atoms with E-state index < -0.39 is 5.91 Å². The first-order chi connectivity index (χ1) is 9.47. The topological polar surface area (TPSA) is 55.1 Å². The number of carbonyl (C=O) groups excluding carboxylic acids is 1. The predicted molar refractivity (Wildman–Crippen MR) is 78.1 cm³/mol. The number of halogens is 1. The first-order valence-corrected chi connectivity index (χ1v) is 6.40. The monoisotopic (exact) mass is 272 g/mol. The third kappa shape index (κ3) is 3.15. The van der Waals surface area contributed by atoms with Gasteiger partial charge in [-0.05, 0) is 49.2 Å². The van der Waals surface area contributed by atoms with E-state index in [2.05, 4.69) is 5.32 Å². The van der Waals surface area contributed by atoms with Gasteiger partial charge in [0.15, 0.2) is 0 Å². The van der Waals surface area contributed by atoms with Crippen molar-refractivity contribution in [3.63, 3.8) is 0 Å². The van der Waals surface area contributed by atoms with E-state index in [1.165, 1.54) is 6.07 Å². The molecule has 0 spiro atoms. The molecule has 0 radical (unpaired) electrons. The summed E-state index contributed by atoms with van der Waals surface area (Å²) >= 11 is 0. The highest BCUT2D eigenvalue weighted by atomic mass is 19.1. The Morgan fingerprint density at radius 1 is 1.25 bits per heavy atom. The average molecular weight is 272 g/mol. The summed E-state index contributed by atoms with van der Waals surface area (Å²) in [7, 11) is 0. The van der Waals surface area contributed by atoms with Crippen LogP contribution in [-0.2, 0) is 0 Å². The van der Waals surface area contributed by atoms with Crippen LogP contribution in [-0.4, -0.2) is 5.91 Å². The molecular formula is C16H17FN2O. The number of anilines is 1. The number of nitrogens with one attached hydrogen (secondary N) is 1. The minimum Gasteiger partial charge on any atom is -0.378 e. The molecule has 0 aliphatic carbocycles. The van der Waals surface area contributed by atoms with Crippen molar-refractivity contribution in [2.45, 2.75) is 19.9 Å². The van der Waals surface area contributed by atoms with Crippen molar-refractivity contribution in [1.82, 2.24) is 0 Å². The lowest BCUT2D eigenvalue weighted by atomic mass is 10.1. The summed E-state index contributed by atoms with van der Waals surface area (Å²) in [5.41, 5.74) is 7.93. The maximum atomic E-state index is 13.6. The van der Waals surface area contributed by atoms with Crippen LogP contribution in [0.3, 0.4) is 0 Å². The summed E-state index contributed by atoms with van der Waals surface area (Å²) in [6.45, 7) is 3.66. The normalized spacial score (nSPS) is 11.9. The standard InChI is InChI=1S/C16H17FN2O/c1-10-6-7-12(9-15(10)17)11(2)19-14-5-3-4-13(8-14)16(18)20/h3-9,11,19H,1-2H3,(H2,18,20). The fourth-order valence-corrected chi connectivity index (χ4v) is 1.97. The minimum atomic E-state index is -0.470. The molecule has 20 heavy (non-hydrogen) atoms. The van der Waals surface area contributed by atoms with E-state index in [9.17, 15) is 9.18 Å². The molecule has 0 saturated carbocycles. The quantitative estimate of drug-likeness (QED) is 0.896. The van der Waals surface area contributed by atoms with Gasteiger partial charge in [-0.25, -0.2) is 4.39 Å². The second kappa shape index (κ2) is 5.74. The van der Waals surface area contributed by atoms with E-state index in [1.807, 2.05) is 19.1 Å². The number of hydrogen-bond acceptors (Lipinski definition) is 2. The highest BCUT2D eigenvalue weighted by molar-refractivity contribution is 5.93. The SMILES string of the molecule is Cc1ccc(C(C)Nc2cccc(C(N)=O)c2)cc1F. The Morgan fingerprint density at radius 3 is 2.65 bits per heavy atom. The minimum absolute atomic E-state index is 0.0757. The van der Waals surface area contributed by atoms with Gasteiger partial charge in [0, 0.05) is 17.3 Å². The summed E-state index contributed by atoms with van der Waals surface area (Å²) in [6, 6.07) is 12.0. The first kappa shape index (κ1) is 14.1. The Labute approximate surface area is 117 Å². The molecule has 2 rings (SSSR count). The Bertz CT molecular complexity index is 640. The molecule has 0 saturated heterocycles. The third-order valence-electron chi connectivity index (χ3n) is 3.23. The molecule has 3 N–H and O–H groups in total. The van der Waals surface area contributed by atoms with Gasteiger partial charge in [-0.15, -0.1) is 0 Å². The molecule has 104 valence electrons. The zero-order valence-corrected chi connectivity index (χ0v) is 11.5. The van der Waals surface area contributed by atoms with Crippen LogP contribution < -0.4 is 11.1 Å². The molecule has 0 bridgehead atoms. The summed E-state index contributed by atoms with van der Waals surface area (Å²) in [5, 5.41) is 3.23. The molecule has 1 atom stereocenters. The average Bonchev–Trinajstić information content (AvgIpc) is 2.42. The Balaban J connectivity index is 2.18. The smallest absolute Gasteiger partial charge is 0.248 e. The van der Waals surface area contributed by atoms with Gasteiger partial charge in [0.1, 0.15) is 5.82 Å².